The molecule has 1 unspecified atom stereocenters. The van der Waals surface area contributed by atoms with E-state index in [-0.39, 0.29) is 22.3 Å². The Morgan fingerprint density at radius 2 is 1.53 bits per heavy atom. The molecule has 186 valence electrons. The Morgan fingerprint density at radius 1 is 0.763 bits per heavy atom. The normalized spacial score (nSPS) is 16.3. The van der Waals surface area contributed by atoms with Gasteiger partial charge in [0.05, 0.1) is 5.92 Å². The fourth-order valence-corrected chi connectivity index (χ4v) is 5.27. The maximum Gasteiger partial charge on any atom is 0.191 e. The molecule has 0 saturated carbocycles. The molecule has 6 nitrogen and oxygen atoms in total. The van der Waals surface area contributed by atoms with Gasteiger partial charge in [-0.05, 0) is 98.3 Å². The molecule has 38 heavy (non-hydrogen) atoms. The van der Waals surface area contributed by atoms with Crippen molar-refractivity contribution in [2.24, 2.45) is 0 Å². The summed E-state index contributed by atoms with van der Waals surface area (Å²) in [5, 5.41) is 0. The molecule has 0 radical (unpaired) electrons. The molecule has 0 fully saturated rings. The summed E-state index contributed by atoms with van der Waals surface area (Å²) < 4.78 is 24.1. The molecule has 5 aromatic heterocycles. The fourth-order valence-electron chi connectivity index (χ4n) is 5.27. The van der Waals surface area contributed by atoms with E-state index in [4.69, 9.17) is 17.7 Å². The van der Waals surface area contributed by atoms with Gasteiger partial charge >= 0.3 is 0 Å². The van der Waals surface area contributed by atoms with Crippen LogP contribution in [0.3, 0.4) is 0 Å². The first-order valence-corrected chi connectivity index (χ1v) is 12.4. The standard InChI is InChI=1S/C32H22O6/c1-17-27-13-11-21(37-27)5-3-19-8-10-24(36-19)16-26-30-18(2)28-14-12-22(38-28)6-4-20-7-9-23(35-20)15-25(32(30)34)29(17)31(26)33/h3,5-16,30H,4H2,1-2H3. The zero-order valence-corrected chi connectivity index (χ0v) is 20.7. The monoisotopic (exact) mass is 502 g/mol. The maximum atomic E-state index is 14.4. The highest BCUT2D eigenvalue weighted by molar-refractivity contribution is 6.31. The third-order valence-electron chi connectivity index (χ3n) is 7.25. The van der Waals surface area contributed by atoms with E-state index < -0.39 is 5.92 Å². The molecule has 6 heterocycles. The van der Waals surface area contributed by atoms with Gasteiger partial charge in [0.2, 0.25) is 0 Å². The summed E-state index contributed by atoms with van der Waals surface area (Å²) in [5.41, 5.74) is 5.20. The van der Waals surface area contributed by atoms with Crippen LogP contribution < -0.4 is 16.3 Å². The summed E-state index contributed by atoms with van der Waals surface area (Å²) in [6.07, 6.45) is 4.12. The molecule has 12 bridgehead atoms. The SMILES string of the molecule is CC1=c2ccc(o2)=CCc2ccc(o2)C=C2C(=O)C1c1cc3ccc(ccc4ccc(o4)c(C)c2c1=O)o3. The predicted molar refractivity (Wildman–Crippen MR) is 144 cm³/mol. The lowest BCUT2D eigenvalue weighted by molar-refractivity contribution is -0.114. The molecule has 2 aliphatic rings. The molecule has 0 amide bonds. The zero-order valence-electron chi connectivity index (χ0n) is 20.7. The van der Waals surface area contributed by atoms with Crippen molar-refractivity contribution in [3.8, 4) is 0 Å². The number of hydrogen-bond donors (Lipinski definition) is 0. The number of ketones is 1. The van der Waals surface area contributed by atoms with Gasteiger partial charge in [-0.3, -0.25) is 9.59 Å². The number of rotatable bonds is 0. The van der Waals surface area contributed by atoms with Crippen LogP contribution in [0.2, 0.25) is 0 Å². The lowest BCUT2D eigenvalue weighted by Gasteiger charge is -2.23. The van der Waals surface area contributed by atoms with E-state index in [0.717, 1.165) is 5.76 Å². The molecule has 0 spiro atoms. The van der Waals surface area contributed by atoms with Crippen molar-refractivity contribution in [2.75, 3.05) is 0 Å². The van der Waals surface area contributed by atoms with Crippen LogP contribution in [0.4, 0.5) is 0 Å². The Balaban J connectivity index is 1.71. The zero-order chi connectivity index (χ0) is 26.0. The van der Waals surface area contributed by atoms with Crippen LogP contribution >= 0.6 is 0 Å². The Hall–Kier alpha value is -4.84. The molecule has 6 heteroatoms. The van der Waals surface area contributed by atoms with E-state index in [1.807, 2.05) is 43.3 Å². The average Bonchev–Trinajstić information content (AvgIpc) is 3.71. The molecular formula is C32H22O6. The van der Waals surface area contributed by atoms with Crippen LogP contribution in [-0.2, 0) is 11.2 Å². The van der Waals surface area contributed by atoms with Gasteiger partial charge in [0.15, 0.2) is 11.2 Å². The highest BCUT2D eigenvalue weighted by Crippen LogP contribution is 2.36. The van der Waals surface area contributed by atoms with Crippen LogP contribution in [0, 0.1) is 6.92 Å². The minimum atomic E-state index is -0.874. The van der Waals surface area contributed by atoms with E-state index in [0.29, 0.717) is 62.0 Å². The number of aryl methyl sites for hydroxylation is 1. The first-order valence-electron chi connectivity index (χ1n) is 12.4. The first kappa shape index (κ1) is 22.4. The van der Waals surface area contributed by atoms with Crippen LogP contribution in [0.1, 0.15) is 41.1 Å². The lowest BCUT2D eigenvalue weighted by atomic mass is 9.77. The van der Waals surface area contributed by atoms with Crippen molar-refractivity contribution in [3.63, 3.8) is 0 Å². The fraction of sp³-hybridized carbons (Fsp3) is 0.125. The Kier molecular flexibility index (Phi) is 4.91. The number of hydrogen-bond acceptors (Lipinski definition) is 6. The number of fused-ring (bicyclic) bond motifs is 14. The molecule has 7 rings (SSSR count). The Bertz CT molecular complexity index is 2070. The van der Waals surface area contributed by atoms with Crippen molar-refractivity contribution in [1.29, 1.82) is 0 Å². The van der Waals surface area contributed by atoms with Gasteiger partial charge < -0.3 is 17.7 Å². The Morgan fingerprint density at radius 3 is 2.37 bits per heavy atom. The van der Waals surface area contributed by atoms with Crippen LogP contribution in [-0.4, -0.2) is 5.78 Å². The first-order chi connectivity index (χ1) is 18.4. The van der Waals surface area contributed by atoms with E-state index in [1.165, 1.54) is 0 Å². The number of carbonyl (C=O) groups excluding carboxylic acids is 1. The molecule has 0 saturated heterocycles. The van der Waals surface area contributed by atoms with E-state index in [1.54, 1.807) is 49.4 Å². The summed E-state index contributed by atoms with van der Waals surface area (Å²) in [7, 11) is 0. The molecule has 0 aromatic carbocycles. The van der Waals surface area contributed by atoms with Crippen molar-refractivity contribution in [1.82, 2.24) is 0 Å². The van der Waals surface area contributed by atoms with Crippen molar-refractivity contribution < 1.29 is 22.5 Å². The minimum Gasteiger partial charge on any atom is -0.461 e. The van der Waals surface area contributed by atoms with Gasteiger partial charge in [0, 0.05) is 28.7 Å². The van der Waals surface area contributed by atoms with Crippen molar-refractivity contribution in [3.05, 3.63) is 116 Å². The van der Waals surface area contributed by atoms with Gasteiger partial charge in [0.1, 0.15) is 44.7 Å². The highest BCUT2D eigenvalue weighted by Gasteiger charge is 2.36. The summed E-state index contributed by atoms with van der Waals surface area (Å²) in [4.78, 5) is 28.8. The molecule has 1 atom stereocenters. The van der Waals surface area contributed by atoms with Gasteiger partial charge in [-0.25, -0.2) is 0 Å². The second kappa shape index (κ2) is 8.35. The molecule has 1 aliphatic carbocycles. The average molecular weight is 503 g/mol. The molecule has 0 N–H and O–H groups in total. The second-order valence-corrected chi connectivity index (χ2v) is 9.66. The van der Waals surface area contributed by atoms with Gasteiger partial charge in [-0.15, -0.1) is 0 Å². The van der Waals surface area contributed by atoms with Crippen LogP contribution in [0.25, 0.3) is 45.6 Å². The summed E-state index contributed by atoms with van der Waals surface area (Å²) in [5.74, 6) is 0.112. The van der Waals surface area contributed by atoms with E-state index >= 15 is 0 Å². The topological polar surface area (TPSA) is 86.7 Å². The predicted octanol–water partition coefficient (Wildman–Crippen LogP) is 5.57. The van der Waals surface area contributed by atoms with Crippen molar-refractivity contribution >= 4 is 51.4 Å². The van der Waals surface area contributed by atoms with Crippen LogP contribution in [0.15, 0.2) is 89.2 Å². The number of Topliss-reactive ketones (excluding diaryl/α,β-unsaturated/α-hetero) is 1. The molecular weight excluding hydrogens is 480 g/mol. The highest BCUT2D eigenvalue weighted by atomic mass is 16.3. The van der Waals surface area contributed by atoms with Gasteiger partial charge in [0.25, 0.3) is 0 Å². The number of allylic oxidation sites excluding steroid dienone is 1. The lowest BCUT2D eigenvalue weighted by Crippen LogP contribution is -2.32. The summed E-state index contributed by atoms with van der Waals surface area (Å²) in [6.45, 7) is 3.63. The maximum absolute atomic E-state index is 14.4. The van der Waals surface area contributed by atoms with Gasteiger partial charge in [-0.2, -0.15) is 0 Å². The number of carbonyl (C=O) groups is 1. The third-order valence-corrected chi connectivity index (χ3v) is 7.25. The van der Waals surface area contributed by atoms with Crippen LogP contribution in [0.5, 0.6) is 0 Å². The smallest absolute Gasteiger partial charge is 0.191 e. The largest absolute Gasteiger partial charge is 0.461 e. The van der Waals surface area contributed by atoms with E-state index in [9.17, 15) is 9.59 Å². The van der Waals surface area contributed by atoms with Crippen molar-refractivity contribution in [2.45, 2.75) is 26.2 Å². The number of furan rings is 4. The Labute approximate surface area is 216 Å². The third kappa shape index (κ3) is 3.57. The summed E-state index contributed by atoms with van der Waals surface area (Å²) >= 11 is 0. The molecule has 1 aliphatic heterocycles. The quantitative estimate of drug-likeness (QED) is 0.275. The molecule has 5 aromatic rings. The summed E-state index contributed by atoms with van der Waals surface area (Å²) in [6, 6.07) is 19.8. The van der Waals surface area contributed by atoms with Gasteiger partial charge in [-0.1, -0.05) is 0 Å². The second-order valence-electron chi connectivity index (χ2n) is 9.66. The minimum absolute atomic E-state index is 0.228. The van der Waals surface area contributed by atoms with E-state index in [2.05, 4.69) is 0 Å².